The molecule has 4 N–H and O–H groups in total. The van der Waals surface area contributed by atoms with Crippen molar-refractivity contribution in [3.05, 3.63) is 35.9 Å². The molecule has 8 heteroatoms. The van der Waals surface area contributed by atoms with E-state index in [-0.39, 0.29) is 12.0 Å². The molecule has 0 unspecified atom stereocenters. The van der Waals surface area contributed by atoms with Crippen molar-refractivity contribution < 1.29 is 9.53 Å². The molecule has 0 bridgehead atoms. The first-order valence-corrected chi connectivity index (χ1v) is 13.2. The average molecular weight is 491 g/mol. The highest BCUT2D eigenvalue weighted by Gasteiger charge is 2.27. The van der Waals surface area contributed by atoms with Crippen LogP contribution in [0.5, 0.6) is 5.75 Å². The molecule has 1 aliphatic heterocycles. The maximum atomic E-state index is 12.8. The van der Waals surface area contributed by atoms with Crippen molar-refractivity contribution in [1.82, 2.24) is 20.4 Å². The number of fused-ring (bicyclic) bond motifs is 1. The number of nitrogens with two attached hydrogens (primary N) is 1. The summed E-state index contributed by atoms with van der Waals surface area (Å²) in [5, 5.41) is 10.8. The second kappa shape index (κ2) is 10.4. The Bertz CT molecular complexity index is 1220. The van der Waals surface area contributed by atoms with Gasteiger partial charge in [0.05, 0.1) is 28.3 Å². The average Bonchev–Trinajstić information content (AvgIpc) is 3.29. The lowest BCUT2D eigenvalue weighted by molar-refractivity contribution is 0.0963. The molecule has 0 radical (unpaired) electrons. The number of anilines is 2. The molecule has 192 valence electrons. The lowest BCUT2D eigenvalue weighted by Crippen LogP contribution is -2.51. The highest BCUT2D eigenvalue weighted by Crippen LogP contribution is 2.37. The highest BCUT2D eigenvalue weighted by molar-refractivity contribution is 6.01. The van der Waals surface area contributed by atoms with E-state index in [9.17, 15) is 4.79 Å². The number of carbonyl (C=O) groups is 1. The summed E-state index contributed by atoms with van der Waals surface area (Å²) in [6, 6.07) is 10.9. The van der Waals surface area contributed by atoms with Crippen LogP contribution in [0.4, 0.5) is 11.5 Å². The quantitative estimate of drug-likeness (QED) is 0.473. The number of nitrogens with zero attached hydrogens (tertiary/aromatic N) is 3. The highest BCUT2D eigenvalue weighted by atomic mass is 16.5. The monoisotopic (exact) mass is 490 g/mol. The Kier molecular flexibility index (Phi) is 7.05. The van der Waals surface area contributed by atoms with Crippen LogP contribution in [0, 0.1) is 0 Å². The van der Waals surface area contributed by atoms with Crippen molar-refractivity contribution in [2.45, 2.75) is 58.1 Å². The van der Waals surface area contributed by atoms with E-state index >= 15 is 0 Å². The number of rotatable bonds is 6. The number of nitrogen functional groups attached to an aromatic ring is 1. The maximum Gasteiger partial charge on any atom is 0.253 e. The first-order valence-electron chi connectivity index (χ1n) is 13.2. The summed E-state index contributed by atoms with van der Waals surface area (Å²) in [5.41, 5.74) is 10.7. The van der Waals surface area contributed by atoms with Crippen molar-refractivity contribution in [2.24, 2.45) is 0 Å². The summed E-state index contributed by atoms with van der Waals surface area (Å²) in [6.45, 7) is 7.90. The van der Waals surface area contributed by atoms with Crippen LogP contribution in [0.25, 0.3) is 22.0 Å². The predicted molar refractivity (Wildman–Crippen MR) is 146 cm³/mol. The zero-order valence-electron chi connectivity index (χ0n) is 21.6. The van der Waals surface area contributed by atoms with Crippen molar-refractivity contribution >= 4 is 28.3 Å². The first-order chi connectivity index (χ1) is 17.4. The van der Waals surface area contributed by atoms with Gasteiger partial charge in [-0.15, -0.1) is 0 Å². The maximum absolute atomic E-state index is 12.8. The Hall–Kier alpha value is -3.26. The second-order valence-electron chi connectivity index (χ2n) is 10.3. The van der Waals surface area contributed by atoms with E-state index in [4.69, 9.17) is 10.5 Å². The molecule has 3 aromatic rings. The van der Waals surface area contributed by atoms with Gasteiger partial charge in [-0.05, 0) is 62.1 Å². The SMILES string of the molecule is CNC(=O)c1ccc(-c2cc(OC(C)C)c3c(N)n[nH]c3c2)cc1N1CCN(C2CCCCC2)CC1. The Morgan fingerprint density at radius 3 is 2.53 bits per heavy atom. The number of benzene rings is 2. The molecule has 2 heterocycles. The molecule has 1 amide bonds. The number of hydrogen-bond donors (Lipinski definition) is 3. The summed E-state index contributed by atoms with van der Waals surface area (Å²) in [6.07, 6.45) is 6.72. The van der Waals surface area contributed by atoms with E-state index in [1.165, 1.54) is 32.1 Å². The van der Waals surface area contributed by atoms with Crippen LogP contribution in [0.3, 0.4) is 0 Å². The largest absolute Gasteiger partial charge is 0.490 e. The number of carbonyl (C=O) groups excluding carboxylic acids is 1. The summed E-state index contributed by atoms with van der Waals surface area (Å²) in [7, 11) is 1.69. The van der Waals surface area contributed by atoms with Gasteiger partial charge < -0.3 is 20.7 Å². The van der Waals surface area contributed by atoms with Crippen LogP contribution >= 0.6 is 0 Å². The van der Waals surface area contributed by atoms with Gasteiger partial charge in [-0.25, -0.2) is 0 Å². The van der Waals surface area contributed by atoms with Crippen LogP contribution in [0.2, 0.25) is 0 Å². The van der Waals surface area contributed by atoms with Crippen molar-refractivity contribution in [3.8, 4) is 16.9 Å². The molecule has 2 aliphatic rings. The van der Waals surface area contributed by atoms with Crippen LogP contribution in [0.15, 0.2) is 30.3 Å². The van der Waals surface area contributed by atoms with Crippen LogP contribution in [-0.2, 0) is 0 Å². The minimum atomic E-state index is -0.0631. The fourth-order valence-electron chi connectivity index (χ4n) is 5.73. The summed E-state index contributed by atoms with van der Waals surface area (Å²) in [4.78, 5) is 17.8. The number of aromatic amines is 1. The molecule has 1 aliphatic carbocycles. The van der Waals surface area contributed by atoms with Gasteiger partial charge in [0.25, 0.3) is 5.91 Å². The Morgan fingerprint density at radius 2 is 1.83 bits per heavy atom. The van der Waals surface area contributed by atoms with Gasteiger partial charge in [-0.1, -0.05) is 25.3 Å². The van der Waals surface area contributed by atoms with E-state index in [0.29, 0.717) is 17.1 Å². The number of hydrogen-bond acceptors (Lipinski definition) is 6. The zero-order chi connectivity index (χ0) is 25.2. The molecule has 2 aromatic carbocycles. The van der Waals surface area contributed by atoms with E-state index in [1.54, 1.807) is 7.05 Å². The van der Waals surface area contributed by atoms with Gasteiger partial charge in [0.15, 0.2) is 5.82 Å². The smallest absolute Gasteiger partial charge is 0.253 e. The molecule has 8 nitrogen and oxygen atoms in total. The number of aromatic nitrogens is 2. The molecular formula is C28H38N6O2. The standard InChI is InChI=1S/C28H38N6O2/c1-18(2)36-25-17-20(15-23-26(25)27(29)32-31-23)19-9-10-22(28(35)30-3)24(16-19)34-13-11-33(12-14-34)21-7-5-4-6-8-21/h9-10,15-18,21H,4-8,11-14H2,1-3H3,(H,30,35)(H3,29,31,32). The van der Waals surface area contributed by atoms with Crippen molar-refractivity contribution in [1.29, 1.82) is 0 Å². The topological polar surface area (TPSA) is 99.5 Å². The first kappa shape index (κ1) is 24.4. The van der Waals surface area contributed by atoms with Gasteiger partial charge >= 0.3 is 0 Å². The van der Waals surface area contributed by atoms with Crippen LogP contribution < -0.4 is 20.7 Å². The molecule has 5 rings (SSSR count). The molecule has 0 spiro atoms. The summed E-state index contributed by atoms with van der Waals surface area (Å²) < 4.78 is 6.10. The lowest BCUT2D eigenvalue weighted by atomic mass is 9.93. The minimum absolute atomic E-state index is 0.00407. The van der Waals surface area contributed by atoms with Gasteiger partial charge in [-0.3, -0.25) is 14.8 Å². The number of piperazine rings is 1. The normalized spacial score (nSPS) is 17.6. The summed E-state index contributed by atoms with van der Waals surface area (Å²) >= 11 is 0. The zero-order valence-corrected chi connectivity index (χ0v) is 21.6. The number of amides is 1. The molecule has 1 saturated carbocycles. The van der Waals surface area contributed by atoms with E-state index in [0.717, 1.165) is 59.9 Å². The fraction of sp³-hybridized carbons (Fsp3) is 0.500. The van der Waals surface area contributed by atoms with Crippen molar-refractivity contribution in [2.75, 3.05) is 43.9 Å². The fourth-order valence-corrected chi connectivity index (χ4v) is 5.73. The van der Waals surface area contributed by atoms with E-state index in [2.05, 4.69) is 31.4 Å². The molecule has 0 atom stereocenters. The van der Waals surface area contributed by atoms with Gasteiger partial charge in [0, 0.05) is 39.3 Å². The minimum Gasteiger partial charge on any atom is -0.490 e. The van der Waals surface area contributed by atoms with Gasteiger partial charge in [-0.2, -0.15) is 5.10 Å². The summed E-state index contributed by atoms with van der Waals surface area (Å²) in [5.74, 6) is 1.08. The van der Waals surface area contributed by atoms with Crippen molar-refractivity contribution in [3.63, 3.8) is 0 Å². The molecule has 1 saturated heterocycles. The van der Waals surface area contributed by atoms with Gasteiger partial charge in [0.2, 0.25) is 0 Å². The van der Waals surface area contributed by atoms with Crippen LogP contribution in [-0.4, -0.2) is 66.4 Å². The van der Waals surface area contributed by atoms with Crippen LogP contribution in [0.1, 0.15) is 56.3 Å². The third-order valence-corrected chi connectivity index (χ3v) is 7.57. The third-order valence-electron chi connectivity index (χ3n) is 7.57. The molecule has 36 heavy (non-hydrogen) atoms. The second-order valence-corrected chi connectivity index (χ2v) is 10.3. The number of nitrogens with one attached hydrogen (secondary N) is 2. The lowest BCUT2D eigenvalue weighted by Gasteiger charge is -2.42. The molecular weight excluding hydrogens is 452 g/mol. The number of ether oxygens (including phenoxy) is 1. The van der Waals surface area contributed by atoms with Gasteiger partial charge in [0.1, 0.15) is 5.75 Å². The molecule has 1 aromatic heterocycles. The Labute approximate surface area is 213 Å². The van der Waals surface area contributed by atoms with E-state index in [1.807, 2.05) is 38.1 Å². The molecule has 2 fully saturated rings. The third kappa shape index (κ3) is 4.87. The Balaban J connectivity index is 1.47. The predicted octanol–water partition coefficient (Wildman–Crippen LogP) is 4.41. The van der Waals surface area contributed by atoms with E-state index < -0.39 is 0 Å². The number of H-pyrrole nitrogens is 1. The Morgan fingerprint density at radius 1 is 1.08 bits per heavy atom.